The zero-order valence-corrected chi connectivity index (χ0v) is 15.1. The maximum Gasteiger partial charge on any atom is 0.237 e. The minimum atomic E-state index is -0.152. The first kappa shape index (κ1) is 19.1. The van der Waals surface area contributed by atoms with Crippen LogP contribution < -0.4 is 10.6 Å². The molecule has 0 aromatic heterocycles. The van der Waals surface area contributed by atoms with Gasteiger partial charge in [0.05, 0.1) is 12.0 Å². The molecule has 0 aliphatic carbocycles. The second kappa shape index (κ2) is 9.96. The molecular weight excluding hydrogens is 308 g/mol. The van der Waals surface area contributed by atoms with Gasteiger partial charge in [0, 0.05) is 53.0 Å². The van der Waals surface area contributed by atoms with E-state index in [4.69, 9.17) is 4.74 Å². The summed E-state index contributed by atoms with van der Waals surface area (Å²) in [5, 5.41) is 6.26. The molecule has 0 aromatic carbocycles. The van der Waals surface area contributed by atoms with E-state index in [9.17, 15) is 9.59 Å². The van der Waals surface area contributed by atoms with Gasteiger partial charge in [-0.25, -0.2) is 0 Å². The second-order valence-electron chi connectivity index (χ2n) is 6.72. The van der Waals surface area contributed by atoms with Crippen molar-refractivity contribution in [1.82, 2.24) is 20.4 Å². The Labute approximate surface area is 145 Å². The van der Waals surface area contributed by atoms with Crippen LogP contribution in [0.2, 0.25) is 0 Å². The van der Waals surface area contributed by atoms with Crippen LogP contribution in [0.4, 0.5) is 0 Å². The third-order valence-corrected chi connectivity index (χ3v) is 5.02. The van der Waals surface area contributed by atoms with E-state index in [-0.39, 0.29) is 23.8 Å². The Morgan fingerprint density at radius 1 is 1.29 bits per heavy atom. The van der Waals surface area contributed by atoms with Crippen LogP contribution in [0.15, 0.2) is 0 Å². The maximum atomic E-state index is 12.5. The lowest BCUT2D eigenvalue weighted by Gasteiger charge is -2.39. The molecule has 0 saturated carbocycles. The topological polar surface area (TPSA) is 73.9 Å². The van der Waals surface area contributed by atoms with Gasteiger partial charge in [0.25, 0.3) is 0 Å². The Hall–Kier alpha value is -1.18. The van der Waals surface area contributed by atoms with Crippen molar-refractivity contribution in [3.05, 3.63) is 0 Å². The zero-order valence-electron chi connectivity index (χ0n) is 15.1. The van der Waals surface area contributed by atoms with Gasteiger partial charge in [-0.05, 0) is 32.7 Å². The molecule has 0 aromatic rings. The molecule has 2 atom stereocenters. The molecule has 0 spiro atoms. The molecule has 24 heavy (non-hydrogen) atoms. The SMILES string of the molecule is COCCCNC(=O)C(C)N1CCN(C(=O)C2CCCNC2)CC1. The van der Waals surface area contributed by atoms with Crippen molar-refractivity contribution in [2.24, 2.45) is 5.92 Å². The van der Waals surface area contributed by atoms with Crippen LogP contribution in [-0.4, -0.2) is 87.2 Å². The van der Waals surface area contributed by atoms with Gasteiger partial charge >= 0.3 is 0 Å². The number of methoxy groups -OCH3 is 1. The van der Waals surface area contributed by atoms with Gasteiger partial charge in [0.15, 0.2) is 0 Å². The van der Waals surface area contributed by atoms with Crippen LogP contribution in [0.1, 0.15) is 26.2 Å². The molecular formula is C17H32N4O3. The molecule has 2 heterocycles. The van der Waals surface area contributed by atoms with Gasteiger partial charge in [-0.1, -0.05) is 0 Å². The van der Waals surface area contributed by atoms with Crippen LogP contribution in [0.5, 0.6) is 0 Å². The molecule has 2 rings (SSSR count). The predicted molar refractivity (Wildman–Crippen MR) is 92.7 cm³/mol. The highest BCUT2D eigenvalue weighted by Crippen LogP contribution is 2.15. The van der Waals surface area contributed by atoms with Crippen molar-refractivity contribution in [3.8, 4) is 0 Å². The summed E-state index contributed by atoms with van der Waals surface area (Å²) in [6.07, 6.45) is 2.90. The summed E-state index contributed by atoms with van der Waals surface area (Å²) in [6, 6.07) is -0.152. The number of rotatable bonds is 7. The number of ether oxygens (including phenoxy) is 1. The van der Waals surface area contributed by atoms with Gasteiger partial charge in [0.2, 0.25) is 11.8 Å². The highest BCUT2D eigenvalue weighted by atomic mass is 16.5. The lowest BCUT2D eigenvalue weighted by Crippen LogP contribution is -2.56. The summed E-state index contributed by atoms with van der Waals surface area (Å²) in [4.78, 5) is 28.9. The molecule has 2 N–H and O–H groups in total. The Morgan fingerprint density at radius 2 is 2.04 bits per heavy atom. The molecule has 2 aliphatic rings. The predicted octanol–water partition coefficient (Wildman–Crippen LogP) is -0.329. The van der Waals surface area contributed by atoms with E-state index in [1.54, 1.807) is 7.11 Å². The van der Waals surface area contributed by atoms with Crippen molar-refractivity contribution in [3.63, 3.8) is 0 Å². The quantitative estimate of drug-likeness (QED) is 0.621. The third kappa shape index (κ3) is 5.43. The van der Waals surface area contributed by atoms with Crippen LogP contribution in [-0.2, 0) is 14.3 Å². The zero-order chi connectivity index (χ0) is 17.4. The van der Waals surface area contributed by atoms with Crippen molar-refractivity contribution in [2.75, 3.05) is 59.5 Å². The minimum absolute atomic E-state index is 0.0577. The van der Waals surface area contributed by atoms with E-state index in [2.05, 4.69) is 15.5 Å². The van der Waals surface area contributed by atoms with E-state index < -0.39 is 0 Å². The summed E-state index contributed by atoms with van der Waals surface area (Å²) < 4.78 is 4.98. The van der Waals surface area contributed by atoms with Crippen molar-refractivity contribution in [1.29, 1.82) is 0 Å². The normalized spacial score (nSPS) is 23.8. The first-order chi connectivity index (χ1) is 11.6. The Balaban J connectivity index is 1.71. The molecule has 2 amide bonds. The van der Waals surface area contributed by atoms with Crippen LogP contribution in [0.25, 0.3) is 0 Å². The highest BCUT2D eigenvalue weighted by Gasteiger charge is 2.30. The molecule has 0 bridgehead atoms. The molecule has 2 fully saturated rings. The Bertz CT molecular complexity index is 405. The summed E-state index contributed by atoms with van der Waals surface area (Å²) in [6.45, 7) is 8.03. The minimum Gasteiger partial charge on any atom is -0.385 e. The first-order valence-electron chi connectivity index (χ1n) is 9.13. The van der Waals surface area contributed by atoms with E-state index >= 15 is 0 Å². The summed E-state index contributed by atoms with van der Waals surface area (Å²) in [5.41, 5.74) is 0. The van der Waals surface area contributed by atoms with Crippen LogP contribution in [0, 0.1) is 5.92 Å². The largest absolute Gasteiger partial charge is 0.385 e. The molecule has 7 nitrogen and oxygen atoms in total. The van der Waals surface area contributed by atoms with Gasteiger partial charge in [-0.3, -0.25) is 14.5 Å². The highest BCUT2D eigenvalue weighted by molar-refractivity contribution is 5.81. The van der Waals surface area contributed by atoms with Gasteiger partial charge < -0.3 is 20.3 Å². The second-order valence-corrected chi connectivity index (χ2v) is 6.72. The number of hydrogen-bond donors (Lipinski definition) is 2. The Morgan fingerprint density at radius 3 is 2.67 bits per heavy atom. The molecule has 138 valence electrons. The molecule has 7 heteroatoms. The van der Waals surface area contributed by atoms with E-state index in [0.29, 0.717) is 13.2 Å². The summed E-state index contributed by atoms with van der Waals surface area (Å²) in [5.74, 6) is 0.465. The third-order valence-electron chi connectivity index (χ3n) is 5.02. The summed E-state index contributed by atoms with van der Waals surface area (Å²) >= 11 is 0. The fourth-order valence-corrected chi connectivity index (χ4v) is 3.39. The van der Waals surface area contributed by atoms with Gasteiger partial charge in [-0.15, -0.1) is 0 Å². The van der Waals surface area contributed by atoms with Crippen LogP contribution >= 0.6 is 0 Å². The Kier molecular flexibility index (Phi) is 7.94. The van der Waals surface area contributed by atoms with Crippen LogP contribution in [0.3, 0.4) is 0 Å². The standard InChI is InChI=1S/C17H32N4O3/c1-14(16(22)19-7-4-12-24-2)20-8-10-21(11-9-20)17(23)15-5-3-6-18-13-15/h14-15,18H,3-13H2,1-2H3,(H,19,22). The lowest BCUT2D eigenvalue weighted by molar-refractivity contribution is -0.138. The fourth-order valence-electron chi connectivity index (χ4n) is 3.39. The molecule has 0 radical (unpaired) electrons. The fraction of sp³-hybridized carbons (Fsp3) is 0.882. The number of nitrogens with one attached hydrogen (secondary N) is 2. The van der Waals surface area contributed by atoms with Crippen molar-refractivity contribution in [2.45, 2.75) is 32.2 Å². The average molecular weight is 340 g/mol. The maximum absolute atomic E-state index is 12.5. The van der Waals surface area contributed by atoms with Gasteiger partial charge in [-0.2, -0.15) is 0 Å². The summed E-state index contributed by atoms with van der Waals surface area (Å²) in [7, 11) is 1.66. The molecule has 2 aliphatic heterocycles. The monoisotopic (exact) mass is 340 g/mol. The van der Waals surface area contributed by atoms with E-state index in [1.807, 2.05) is 11.8 Å². The smallest absolute Gasteiger partial charge is 0.237 e. The van der Waals surface area contributed by atoms with Gasteiger partial charge in [0.1, 0.15) is 0 Å². The van der Waals surface area contributed by atoms with E-state index in [0.717, 1.165) is 58.5 Å². The number of piperazine rings is 1. The number of hydrogen-bond acceptors (Lipinski definition) is 5. The first-order valence-corrected chi connectivity index (χ1v) is 9.13. The van der Waals surface area contributed by atoms with Crippen molar-refractivity contribution < 1.29 is 14.3 Å². The number of nitrogens with zero attached hydrogens (tertiary/aromatic N) is 2. The van der Waals surface area contributed by atoms with E-state index in [1.165, 1.54) is 0 Å². The lowest BCUT2D eigenvalue weighted by atomic mass is 9.98. The molecule has 2 saturated heterocycles. The average Bonchev–Trinajstić information content (AvgIpc) is 2.64. The number of carbonyl (C=O) groups is 2. The van der Waals surface area contributed by atoms with Crippen molar-refractivity contribution >= 4 is 11.8 Å². The number of amides is 2. The number of carbonyl (C=O) groups excluding carboxylic acids is 2. The molecule has 2 unspecified atom stereocenters. The number of piperidine rings is 1.